The summed E-state index contributed by atoms with van der Waals surface area (Å²) in [6.45, 7) is 0.435. The molecule has 5 aromatic rings. The lowest BCUT2D eigenvalue weighted by atomic mass is 10.0. The van der Waals surface area contributed by atoms with Gasteiger partial charge in [-0.1, -0.05) is 24.3 Å². The van der Waals surface area contributed by atoms with E-state index in [0.717, 1.165) is 44.4 Å². The first-order valence-corrected chi connectivity index (χ1v) is 9.25. The highest BCUT2D eigenvalue weighted by Crippen LogP contribution is 2.30. The third kappa shape index (κ3) is 3.28. The van der Waals surface area contributed by atoms with Gasteiger partial charge in [-0.25, -0.2) is 0 Å². The molecule has 2 aromatic heterocycles. The Morgan fingerprint density at radius 2 is 1.83 bits per heavy atom. The monoisotopic (exact) mass is 376 g/mol. The number of fused-ring (bicyclic) bond motifs is 2. The van der Waals surface area contributed by atoms with Gasteiger partial charge in [-0.15, -0.1) is 0 Å². The summed E-state index contributed by atoms with van der Waals surface area (Å²) in [7, 11) is 0. The van der Waals surface area contributed by atoms with Crippen molar-refractivity contribution in [2.24, 2.45) is 0 Å². The number of hydrogen-bond acceptors (Lipinski definition) is 4. The van der Waals surface area contributed by atoms with Gasteiger partial charge in [-0.05, 0) is 59.3 Å². The van der Waals surface area contributed by atoms with E-state index in [1.807, 2.05) is 54.6 Å². The van der Waals surface area contributed by atoms with Crippen LogP contribution in [-0.4, -0.2) is 15.2 Å². The lowest BCUT2D eigenvalue weighted by molar-refractivity contribution is 0.302. The van der Waals surface area contributed by atoms with E-state index in [2.05, 4.69) is 33.4 Å². The van der Waals surface area contributed by atoms with E-state index in [0.29, 0.717) is 12.2 Å². The zero-order valence-electron chi connectivity index (χ0n) is 15.5. The van der Waals surface area contributed by atoms with Crippen LogP contribution in [0.25, 0.3) is 32.9 Å². The number of ether oxygens (including phenoxy) is 1. The van der Waals surface area contributed by atoms with E-state index >= 15 is 0 Å². The molecule has 0 aliphatic carbocycles. The predicted molar refractivity (Wildman–Crippen MR) is 112 cm³/mol. The van der Waals surface area contributed by atoms with Crippen LogP contribution in [0.1, 0.15) is 11.3 Å². The Morgan fingerprint density at radius 1 is 0.931 bits per heavy atom. The molecule has 0 aliphatic heterocycles. The van der Waals surface area contributed by atoms with Crippen molar-refractivity contribution in [3.05, 3.63) is 90.3 Å². The maximum atomic E-state index is 9.18. The van der Waals surface area contributed by atoms with Gasteiger partial charge in [0.05, 0.1) is 28.5 Å². The molecule has 138 valence electrons. The Hall–Kier alpha value is -4.17. The summed E-state index contributed by atoms with van der Waals surface area (Å²) in [6.07, 6.45) is 1.76. The lowest BCUT2D eigenvalue weighted by Gasteiger charge is -2.08. The minimum atomic E-state index is 0.435. The minimum absolute atomic E-state index is 0.435. The van der Waals surface area contributed by atoms with Gasteiger partial charge in [0.2, 0.25) is 0 Å². The van der Waals surface area contributed by atoms with Gasteiger partial charge >= 0.3 is 0 Å². The van der Waals surface area contributed by atoms with Crippen LogP contribution < -0.4 is 4.74 Å². The van der Waals surface area contributed by atoms with Crippen molar-refractivity contribution in [3.63, 3.8) is 0 Å². The predicted octanol–water partition coefficient (Wildman–Crippen LogP) is 5.23. The molecule has 5 rings (SSSR count). The molecule has 5 heteroatoms. The molecule has 0 fully saturated rings. The maximum Gasteiger partial charge on any atom is 0.130 e. The second-order valence-corrected chi connectivity index (χ2v) is 6.78. The molecule has 0 spiro atoms. The van der Waals surface area contributed by atoms with Crippen LogP contribution >= 0.6 is 0 Å². The van der Waals surface area contributed by atoms with Gasteiger partial charge in [-0.2, -0.15) is 10.4 Å². The highest BCUT2D eigenvalue weighted by atomic mass is 16.5. The number of benzene rings is 3. The highest BCUT2D eigenvalue weighted by molar-refractivity contribution is 5.96. The molecule has 0 aliphatic rings. The molecule has 5 nitrogen and oxygen atoms in total. The van der Waals surface area contributed by atoms with Crippen LogP contribution in [0.4, 0.5) is 0 Å². The number of aromatic amines is 1. The van der Waals surface area contributed by atoms with Crippen molar-refractivity contribution in [1.82, 2.24) is 15.2 Å². The van der Waals surface area contributed by atoms with Gasteiger partial charge < -0.3 is 4.74 Å². The maximum absolute atomic E-state index is 9.18. The number of nitrogens with one attached hydrogen (secondary N) is 1. The van der Waals surface area contributed by atoms with Gasteiger partial charge in [0, 0.05) is 17.1 Å². The van der Waals surface area contributed by atoms with Crippen LogP contribution in [0.5, 0.6) is 5.75 Å². The van der Waals surface area contributed by atoms with Crippen molar-refractivity contribution in [1.29, 1.82) is 5.26 Å². The van der Waals surface area contributed by atoms with Gasteiger partial charge in [0.1, 0.15) is 12.4 Å². The molecule has 0 radical (unpaired) electrons. The van der Waals surface area contributed by atoms with E-state index in [9.17, 15) is 5.26 Å². The zero-order valence-corrected chi connectivity index (χ0v) is 15.5. The molecule has 0 unspecified atom stereocenters. The summed E-state index contributed by atoms with van der Waals surface area (Å²) in [5, 5.41) is 19.8. The van der Waals surface area contributed by atoms with E-state index in [1.165, 1.54) is 0 Å². The Bertz CT molecular complexity index is 1370. The average Bonchev–Trinajstić information content (AvgIpc) is 3.21. The third-order valence-corrected chi connectivity index (χ3v) is 4.89. The summed E-state index contributed by atoms with van der Waals surface area (Å²) in [4.78, 5) is 4.28. The molecule has 1 N–H and O–H groups in total. The molecule has 2 heterocycles. The number of rotatable bonds is 4. The first-order chi connectivity index (χ1) is 14.3. The van der Waals surface area contributed by atoms with E-state index in [4.69, 9.17) is 4.74 Å². The number of nitrogens with zero attached hydrogens (tertiary/aromatic N) is 3. The van der Waals surface area contributed by atoms with E-state index in [1.54, 1.807) is 12.3 Å². The summed E-state index contributed by atoms with van der Waals surface area (Å²) in [6, 6.07) is 25.8. The Labute approximate surface area is 167 Å². The Kier molecular flexibility index (Phi) is 4.15. The van der Waals surface area contributed by atoms with Gasteiger partial charge in [0.15, 0.2) is 0 Å². The average molecular weight is 376 g/mol. The Morgan fingerprint density at radius 3 is 2.69 bits per heavy atom. The molecular weight excluding hydrogens is 360 g/mol. The standard InChI is InChI=1S/C24H16N4O/c25-14-16-4-9-23-22(11-16)24(28-27-23)19-6-5-18-13-21(8-7-17(18)12-19)29-15-20-3-1-2-10-26-20/h1-13H,15H2,(H,27,28). The van der Waals surface area contributed by atoms with Crippen LogP contribution in [-0.2, 0) is 6.61 Å². The number of aromatic nitrogens is 3. The number of nitriles is 1. The zero-order chi connectivity index (χ0) is 19.6. The molecule has 0 bridgehead atoms. The SMILES string of the molecule is N#Cc1ccc2[nH]nc(-c3ccc4cc(OCc5ccccn5)ccc4c3)c2c1. The molecule has 3 aromatic carbocycles. The molecule has 0 amide bonds. The van der Waals surface area contributed by atoms with Crippen LogP contribution in [0.15, 0.2) is 79.0 Å². The van der Waals surface area contributed by atoms with E-state index in [-0.39, 0.29) is 0 Å². The summed E-state index contributed by atoms with van der Waals surface area (Å²) in [5.74, 6) is 0.805. The van der Waals surface area contributed by atoms with Crippen LogP contribution in [0, 0.1) is 11.3 Å². The normalized spacial score (nSPS) is 10.9. The largest absolute Gasteiger partial charge is 0.487 e. The second-order valence-electron chi connectivity index (χ2n) is 6.78. The van der Waals surface area contributed by atoms with Crippen molar-refractivity contribution in [3.8, 4) is 23.1 Å². The van der Waals surface area contributed by atoms with Crippen LogP contribution in [0.2, 0.25) is 0 Å². The van der Waals surface area contributed by atoms with Crippen molar-refractivity contribution >= 4 is 21.7 Å². The van der Waals surface area contributed by atoms with Crippen LogP contribution in [0.3, 0.4) is 0 Å². The molecule has 0 saturated carbocycles. The lowest BCUT2D eigenvalue weighted by Crippen LogP contribution is -1.97. The van der Waals surface area contributed by atoms with Gasteiger partial charge in [-0.3, -0.25) is 10.1 Å². The first-order valence-electron chi connectivity index (χ1n) is 9.25. The fraction of sp³-hybridized carbons (Fsp3) is 0.0417. The third-order valence-electron chi connectivity index (χ3n) is 4.89. The molecule has 0 saturated heterocycles. The number of H-pyrrole nitrogens is 1. The summed E-state index contributed by atoms with van der Waals surface area (Å²) >= 11 is 0. The number of pyridine rings is 1. The molecular formula is C24H16N4O. The van der Waals surface area contributed by atoms with Crippen molar-refractivity contribution < 1.29 is 4.74 Å². The first kappa shape index (κ1) is 17.0. The fourth-order valence-electron chi connectivity index (χ4n) is 3.41. The summed E-state index contributed by atoms with van der Waals surface area (Å²) in [5.41, 5.74) is 4.27. The molecule has 29 heavy (non-hydrogen) atoms. The van der Waals surface area contributed by atoms with E-state index < -0.39 is 0 Å². The van der Waals surface area contributed by atoms with Crippen molar-refractivity contribution in [2.75, 3.05) is 0 Å². The minimum Gasteiger partial charge on any atom is -0.487 e. The quantitative estimate of drug-likeness (QED) is 0.466. The highest BCUT2D eigenvalue weighted by Gasteiger charge is 2.10. The van der Waals surface area contributed by atoms with Crippen molar-refractivity contribution in [2.45, 2.75) is 6.61 Å². The second kappa shape index (κ2) is 7.10. The fourth-order valence-corrected chi connectivity index (χ4v) is 3.41. The van der Waals surface area contributed by atoms with Gasteiger partial charge in [0.25, 0.3) is 0 Å². The summed E-state index contributed by atoms with van der Waals surface area (Å²) < 4.78 is 5.88. The molecule has 0 atom stereocenters. The topological polar surface area (TPSA) is 74.6 Å². The smallest absolute Gasteiger partial charge is 0.130 e. The Balaban J connectivity index is 1.46. The number of hydrogen-bond donors (Lipinski definition) is 1.